The van der Waals surface area contributed by atoms with Crippen LogP contribution in [0.3, 0.4) is 0 Å². The molecule has 4 heteroatoms. The van der Waals surface area contributed by atoms with E-state index in [4.69, 9.17) is 5.11 Å². The molecule has 0 aromatic carbocycles. The Morgan fingerprint density at radius 2 is 2.00 bits per heavy atom. The van der Waals surface area contributed by atoms with E-state index >= 15 is 0 Å². The van der Waals surface area contributed by atoms with Crippen LogP contribution in [0, 0.1) is 0 Å². The molecule has 0 saturated heterocycles. The van der Waals surface area contributed by atoms with E-state index in [-0.39, 0.29) is 11.4 Å². The second-order valence-corrected chi connectivity index (χ2v) is 1.86. The van der Waals surface area contributed by atoms with Crippen molar-refractivity contribution in [3.63, 3.8) is 0 Å². The van der Waals surface area contributed by atoms with Crippen molar-refractivity contribution in [3.8, 4) is 0 Å². The van der Waals surface area contributed by atoms with Gasteiger partial charge in [0.15, 0.2) is 5.82 Å². The first-order valence-electron chi connectivity index (χ1n) is 2.91. The van der Waals surface area contributed by atoms with E-state index in [1.807, 2.05) is 0 Å². The summed E-state index contributed by atoms with van der Waals surface area (Å²) >= 11 is 0. The molecule has 0 saturated carbocycles. The van der Waals surface area contributed by atoms with Gasteiger partial charge in [-0.1, -0.05) is 6.58 Å². The van der Waals surface area contributed by atoms with Gasteiger partial charge in [-0.15, -0.1) is 0 Å². The largest absolute Gasteiger partial charge is 0.478 e. The van der Waals surface area contributed by atoms with Crippen LogP contribution in [-0.4, -0.2) is 21.0 Å². The van der Waals surface area contributed by atoms with Crippen LogP contribution >= 0.6 is 0 Å². The lowest BCUT2D eigenvalue weighted by atomic mass is 10.3. The van der Waals surface area contributed by atoms with E-state index in [0.29, 0.717) is 0 Å². The minimum Gasteiger partial charge on any atom is -0.478 e. The molecular formula is C7H6N2O2. The van der Waals surface area contributed by atoms with Gasteiger partial charge in [0.2, 0.25) is 0 Å². The number of aromatic nitrogens is 2. The topological polar surface area (TPSA) is 63.1 Å². The second kappa shape index (κ2) is 2.92. The van der Waals surface area contributed by atoms with Gasteiger partial charge in [0, 0.05) is 12.4 Å². The maximum absolute atomic E-state index is 10.3. The highest BCUT2D eigenvalue weighted by molar-refractivity contribution is 6.13. The number of nitrogens with zero attached hydrogens (tertiary/aromatic N) is 2. The first kappa shape index (κ1) is 7.40. The van der Waals surface area contributed by atoms with Gasteiger partial charge < -0.3 is 5.11 Å². The fourth-order valence-electron chi connectivity index (χ4n) is 0.551. The summed E-state index contributed by atoms with van der Waals surface area (Å²) in [6, 6.07) is 1.61. The average Bonchev–Trinajstić information content (AvgIpc) is 2.05. The van der Waals surface area contributed by atoms with E-state index < -0.39 is 5.97 Å². The molecule has 11 heavy (non-hydrogen) atoms. The zero-order valence-corrected chi connectivity index (χ0v) is 5.69. The summed E-state index contributed by atoms with van der Waals surface area (Å²) in [6.45, 7) is 3.30. The number of hydrogen-bond acceptors (Lipinski definition) is 3. The SMILES string of the molecule is C=C(C(=O)O)c1ncccn1. The van der Waals surface area contributed by atoms with Crippen LogP contribution in [0.4, 0.5) is 0 Å². The Morgan fingerprint density at radius 1 is 1.45 bits per heavy atom. The van der Waals surface area contributed by atoms with E-state index in [1.54, 1.807) is 6.07 Å². The molecule has 1 aromatic heterocycles. The Labute approximate surface area is 63.2 Å². The van der Waals surface area contributed by atoms with Gasteiger partial charge in [0.1, 0.15) is 0 Å². The van der Waals surface area contributed by atoms with Crippen LogP contribution in [0.2, 0.25) is 0 Å². The first-order valence-corrected chi connectivity index (χ1v) is 2.91. The molecule has 4 nitrogen and oxygen atoms in total. The van der Waals surface area contributed by atoms with Crippen LogP contribution in [0.5, 0.6) is 0 Å². The number of carboxylic acid groups (broad SMARTS) is 1. The standard InChI is InChI=1S/C7H6N2O2/c1-5(7(10)11)6-8-3-2-4-9-6/h2-4H,1H2,(H,10,11). The molecule has 0 aliphatic heterocycles. The number of rotatable bonds is 2. The molecule has 0 fully saturated rings. The van der Waals surface area contributed by atoms with Crippen LogP contribution in [0.15, 0.2) is 25.0 Å². The molecular weight excluding hydrogens is 144 g/mol. The van der Waals surface area contributed by atoms with Crippen molar-refractivity contribution >= 4 is 11.5 Å². The van der Waals surface area contributed by atoms with Crippen molar-refractivity contribution < 1.29 is 9.90 Å². The third-order valence-electron chi connectivity index (χ3n) is 1.09. The summed E-state index contributed by atoms with van der Waals surface area (Å²) < 4.78 is 0. The molecule has 0 atom stereocenters. The van der Waals surface area contributed by atoms with Crippen molar-refractivity contribution in [1.29, 1.82) is 0 Å². The summed E-state index contributed by atoms with van der Waals surface area (Å²) in [5, 5.41) is 8.46. The zero-order chi connectivity index (χ0) is 8.27. The molecule has 1 aromatic rings. The average molecular weight is 150 g/mol. The quantitative estimate of drug-likeness (QED) is 0.626. The van der Waals surface area contributed by atoms with Crippen molar-refractivity contribution in [2.24, 2.45) is 0 Å². The highest BCUT2D eigenvalue weighted by Gasteiger charge is 2.07. The third-order valence-corrected chi connectivity index (χ3v) is 1.09. The number of carboxylic acids is 1. The van der Waals surface area contributed by atoms with Crippen molar-refractivity contribution in [2.75, 3.05) is 0 Å². The summed E-state index contributed by atoms with van der Waals surface area (Å²) in [5.74, 6) is -0.948. The maximum Gasteiger partial charge on any atom is 0.338 e. The molecule has 0 radical (unpaired) electrons. The molecule has 0 aliphatic carbocycles. The fraction of sp³-hybridized carbons (Fsp3) is 0. The van der Waals surface area contributed by atoms with Crippen molar-refractivity contribution in [3.05, 3.63) is 30.9 Å². The number of hydrogen-bond donors (Lipinski definition) is 1. The molecule has 0 spiro atoms. The summed E-state index contributed by atoms with van der Waals surface area (Å²) in [4.78, 5) is 17.7. The Bertz CT molecular complexity index is 282. The highest BCUT2D eigenvalue weighted by atomic mass is 16.4. The van der Waals surface area contributed by atoms with Crippen LogP contribution < -0.4 is 0 Å². The lowest BCUT2D eigenvalue weighted by Crippen LogP contribution is -2.01. The fourth-order valence-corrected chi connectivity index (χ4v) is 0.551. The highest BCUT2D eigenvalue weighted by Crippen LogP contribution is 2.03. The molecule has 0 aliphatic rings. The van der Waals surface area contributed by atoms with Crippen LogP contribution in [0.25, 0.3) is 5.57 Å². The minimum absolute atomic E-state index is 0.0920. The van der Waals surface area contributed by atoms with Crippen molar-refractivity contribution in [1.82, 2.24) is 9.97 Å². The van der Waals surface area contributed by atoms with E-state index in [1.165, 1.54) is 12.4 Å². The summed E-state index contributed by atoms with van der Waals surface area (Å²) in [5.41, 5.74) is -0.0920. The van der Waals surface area contributed by atoms with E-state index in [0.717, 1.165) is 0 Å². The Hall–Kier alpha value is -1.71. The van der Waals surface area contributed by atoms with Gasteiger partial charge in [0.25, 0.3) is 0 Å². The van der Waals surface area contributed by atoms with Gasteiger partial charge >= 0.3 is 5.97 Å². The second-order valence-electron chi connectivity index (χ2n) is 1.86. The molecule has 56 valence electrons. The normalized spacial score (nSPS) is 9.09. The molecule has 0 unspecified atom stereocenters. The van der Waals surface area contributed by atoms with Gasteiger partial charge in [-0.3, -0.25) is 0 Å². The Kier molecular flexibility index (Phi) is 1.96. The molecule has 0 amide bonds. The molecule has 1 rings (SSSR count). The molecule has 0 bridgehead atoms. The van der Waals surface area contributed by atoms with Gasteiger partial charge in [-0.25, -0.2) is 14.8 Å². The van der Waals surface area contributed by atoms with E-state index in [9.17, 15) is 4.79 Å². The minimum atomic E-state index is -1.10. The molecule has 1 heterocycles. The monoisotopic (exact) mass is 150 g/mol. The van der Waals surface area contributed by atoms with E-state index in [2.05, 4.69) is 16.5 Å². The summed E-state index contributed by atoms with van der Waals surface area (Å²) in [6.07, 6.45) is 2.94. The third kappa shape index (κ3) is 1.61. The number of aliphatic carboxylic acids is 1. The Balaban J connectivity index is 2.95. The van der Waals surface area contributed by atoms with Gasteiger partial charge in [0.05, 0.1) is 5.57 Å². The first-order chi connectivity index (χ1) is 5.22. The van der Waals surface area contributed by atoms with Gasteiger partial charge in [-0.2, -0.15) is 0 Å². The summed E-state index contributed by atoms with van der Waals surface area (Å²) in [7, 11) is 0. The lowest BCUT2D eigenvalue weighted by Gasteiger charge is -1.94. The molecule has 1 N–H and O–H groups in total. The predicted octanol–water partition coefficient (Wildman–Crippen LogP) is 0.574. The maximum atomic E-state index is 10.3. The number of carbonyl (C=O) groups is 1. The van der Waals surface area contributed by atoms with Crippen LogP contribution in [-0.2, 0) is 4.79 Å². The Morgan fingerprint density at radius 3 is 2.45 bits per heavy atom. The van der Waals surface area contributed by atoms with Crippen LogP contribution in [0.1, 0.15) is 5.82 Å². The van der Waals surface area contributed by atoms with Crippen molar-refractivity contribution in [2.45, 2.75) is 0 Å². The van der Waals surface area contributed by atoms with Gasteiger partial charge in [-0.05, 0) is 6.07 Å². The smallest absolute Gasteiger partial charge is 0.338 e. The predicted molar refractivity (Wildman–Crippen MR) is 38.7 cm³/mol. The zero-order valence-electron chi connectivity index (χ0n) is 5.69. The lowest BCUT2D eigenvalue weighted by molar-refractivity contribution is -0.130.